The van der Waals surface area contributed by atoms with Crippen LogP contribution in [0, 0.1) is 0 Å². The highest BCUT2D eigenvalue weighted by Gasteiger charge is 2.29. The number of aliphatic imine (C=N–C) groups is 2. The summed E-state index contributed by atoms with van der Waals surface area (Å²) in [5.74, 6) is 1.66. The van der Waals surface area contributed by atoms with Gasteiger partial charge in [0.25, 0.3) is 0 Å². The quantitative estimate of drug-likeness (QED) is 0.162. The van der Waals surface area contributed by atoms with Crippen LogP contribution in [0.4, 0.5) is 0 Å². The third kappa shape index (κ3) is 7.13. The Kier molecular flexibility index (Phi) is 10.2. The van der Waals surface area contributed by atoms with Crippen LogP contribution in [-0.2, 0) is 0 Å². The summed E-state index contributed by atoms with van der Waals surface area (Å²) in [6, 6.07) is 88.1. The van der Waals surface area contributed by atoms with Gasteiger partial charge in [0, 0.05) is 59.4 Å². The normalized spacial score (nSPS) is 15.4. The van der Waals surface area contributed by atoms with E-state index in [2.05, 4.69) is 263 Å². The smallest absolute Gasteiger partial charge is 0.159 e. The van der Waals surface area contributed by atoms with Crippen molar-refractivity contribution in [2.24, 2.45) is 9.98 Å². The zero-order valence-corrected chi connectivity index (χ0v) is 41.6. The second kappa shape index (κ2) is 17.7. The number of amidine groups is 2. The summed E-state index contributed by atoms with van der Waals surface area (Å²) in [5, 5.41) is 10.1. The topological polar surface area (TPSA) is 46.6 Å². The van der Waals surface area contributed by atoms with Crippen molar-refractivity contribution in [2.75, 3.05) is 0 Å². The van der Waals surface area contributed by atoms with Gasteiger partial charge in [-0.1, -0.05) is 200 Å². The molecule has 13 aromatic rings. The van der Waals surface area contributed by atoms with Crippen LogP contribution in [-0.4, -0.2) is 20.8 Å². The largest absolute Gasteiger partial charge is 0.344 e. The van der Waals surface area contributed by atoms with Gasteiger partial charge in [-0.05, 0) is 99.8 Å². The van der Waals surface area contributed by atoms with E-state index in [9.17, 15) is 0 Å². The van der Waals surface area contributed by atoms with Crippen LogP contribution in [0.3, 0.4) is 0 Å². The van der Waals surface area contributed by atoms with Crippen LogP contribution in [0.2, 0.25) is 0 Å². The van der Waals surface area contributed by atoms with Crippen molar-refractivity contribution in [3.63, 3.8) is 0 Å². The molecule has 0 spiro atoms. The lowest BCUT2D eigenvalue weighted by Crippen LogP contribution is -2.34. The summed E-state index contributed by atoms with van der Waals surface area (Å²) < 4.78 is 6.30. The summed E-state index contributed by atoms with van der Waals surface area (Å²) in [5.41, 5.74) is 17.2. The number of para-hydroxylation sites is 2. The van der Waals surface area contributed by atoms with Crippen molar-refractivity contribution < 1.29 is 0 Å². The Morgan fingerprint density at radius 2 is 1.08 bits per heavy atom. The lowest BCUT2D eigenvalue weighted by molar-refractivity contribution is 0.671. The fraction of sp³-hybridized carbons (Fsp3) is 0.0435. The first-order valence-corrected chi connectivity index (χ1v) is 26.6. The number of nitrogens with one attached hydrogen (secondary N) is 1. The molecule has 3 aromatic heterocycles. The third-order valence-electron chi connectivity index (χ3n) is 15.4. The summed E-state index contributed by atoms with van der Waals surface area (Å²) in [6.07, 6.45) is 5.16. The van der Waals surface area contributed by atoms with Gasteiger partial charge >= 0.3 is 0 Å². The maximum Gasteiger partial charge on any atom is 0.159 e. The summed E-state index contributed by atoms with van der Waals surface area (Å²) in [6.45, 7) is 0. The van der Waals surface area contributed by atoms with Crippen molar-refractivity contribution in [1.82, 2.24) is 14.5 Å². The average molecular weight is 978 g/mol. The highest BCUT2D eigenvalue weighted by molar-refractivity contribution is 7.20. The maximum absolute atomic E-state index is 5.52. The van der Waals surface area contributed by atoms with Crippen LogP contribution >= 0.6 is 11.3 Å². The van der Waals surface area contributed by atoms with Crippen LogP contribution in [0.1, 0.15) is 51.2 Å². The van der Waals surface area contributed by atoms with E-state index in [0.29, 0.717) is 5.84 Å². The van der Waals surface area contributed by atoms with Gasteiger partial charge in [0.05, 0.1) is 27.8 Å². The molecule has 0 saturated carbocycles. The molecule has 1 aliphatic heterocycles. The van der Waals surface area contributed by atoms with E-state index in [1.165, 1.54) is 69.8 Å². The summed E-state index contributed by atoms with van der Waals surface area (Å²) in [4.78, 5) is 12.1. The molecule has 1 aliphatic carbocycles. The van der Waals surface area contributed by atoms with Gasteiger partial charge in [-0.2, -0.15) is 0 Å². The van der Waals surface area contributed by atoms with E-state index in [1.807, 2.05) is 17.4 Å². The average Bonchev–Trinajstić information content (AvgIpc) is 4.16. The van der Waals surface area contributed by atoms with Gasteiger partial charge in [0.2, 0.25) is 0 Å². The minimum absolute atomic E-state index is 0.187. The molecule has 6 heteroatoms. The summed E-state index contributed by atoms with van der Waals surface area (Å²) in [7, 11) is 0. The number of rotatable bonds is 8. The van der Waals surface area contributed by atoms with Crippen molar-refractivity contribution in [3.05, 3.63) is 281 Å². The summed E-state index contributed by atoms with van der Waals surface area (Å²) >= 11 is 1.90. The SMILES string of the molecule is C1=Cc2sc3ccccc3c2C(c2ccc3c4c(-c5cccc6c5c5ccccc5n6-c5ccccc5)cccc4n(-c4cc(-c5ccccc5)ccc4C4N=C(c5ccccc5)N=C(c5ccccc5)N4)c3c2)C1. The van der Waals surface area contributed by atoms with Crippen molar-refractivity contribution in [3.8, 4) is 33.6 Å². The molecule has 5 nitrogen and oxygen atoms in total. The molecule has 0 amide bonds. The molecule has 15 rings (SSSR count). The van der Waals surface area contributed by atoms with E-state index in [4.69, 9.17) is 9.98 Å². The van der Waals surface area contributed by atoms with Crippen LogP contribution < -0.4 is 5.32 Å². The molecule has 1 N–H and O–H groups in total. The molecule has 2 aliphatic rings. The predicted molar refractivity (Wildman–Crippen MR) is 315 cm³/mol. The number of hydrogen-bond donors (Lipinski definition) is 1. The Morgan fingerprint density at radius 1 is 0.467 bits per heavy atom. The highest BCUT2D eigenvalue weighted by atomic mass is 32.1. The van der Waals surface area contributed by atoms with Crippen molar-refractivity contribution in [1.29, 1.82) is 0 Å². The monoisotopic (exact) mass is 977 g/mol. The highest BCUT2D eigenvalue weighted by Crippen LogP contribution is 2.48. The van der Waals surface area contributed by atoms with E-state index in [-0.39, 0.29) is 5.92 Å². The minimum atomic E-state index is -0.479. The number of nitrogens with zero attached hydrogens (tertiary/aromatic N) is 4. The van der Waals surface area contributed by atoms with E-state index >= 15 is 0 Å². The molecule has 0 radical (unpaired) electrons. The lowest BCUT2D eigenvalue weighted by Gasteiger charge is -2.26. The number of fused-ring (bicyclic) bond motifs is 9. The first kappa shape index (κ1) is 43.2. The fourth-order valence-corrected chi connectivity index (χ4v) is 13.2. The molecule has 10 aromatic carbocycles. The maximum atomic E-state index is 5.52. The van der Waals surface area contributed by atoms with Gasteiger partial charge in [0.1, 0.15) is 12.0 Å². The molecule has 0 saturated heterocycles. The zero-order valence-electron chi connectivity index (χ0n) is 40.8. The lowest BCUT2D eigenvalue weighted by atomic mass is 9.83. The molecule has 354 valence electrons. The minimum Gasteiger partial charge on any atom is -0.344 e. The second-order valence-corrected chi connectivity index (χ2v) is 20.7. The van der Waals surface area contributed by atoms with Gasteiger partial charge in [-0.3, -0.25) is 0 Å². The molecule has 75 heavy (non-hydrogen) atoms. The van der Waals surface area contributed by atoms with Crippen LogP contribution in [0.5, 0.6) is 0 Å². The number of allylic oxidation sites excluding steroid dienone is 1. The van der Waals surface area contributed by atoms with Crippen LogP contribution in [0.15, 0.2) is 259 Å². The van der Waals surface area contributed by atoms with E-state index < -0.39 is 6.17 Å². The molecule has 0 fully saturated rings. The fourth-order valence-electron chi connectivity index (χ4n) is 12.0. The first-order chi connectivity index (χ1) is 37.2. The van der Waals surface area contributed by atoms with Gasteiger partial charge in [0.15, 0.2) is 5.84 Å². The van der Waals surface area contributed by atoms with Gasteiger partial charge in [-0.25, -0.2) is 9.98 Å². The van der Waals surface area contributed by atoms with E-state index in [1.54, 1.807) is 0 Å². The number of hydrogen-bond acceptors (Lipinski definition) is 4. The van der Waals surface area contributed by atoms with Crippen molar-refractivity contribution >= 4 is 82.8 Å². The molecule has 2 atom stereocenters. The number of benzene rings is 10. The Bertz CT molecular complexity index is 4470. The molecule has 2 unspecified atom stereocenters. The molecule has 0 bridgehead atoms. The Balaban J connectivity index is 1.03. The number of thiophene rings is 1. The Labute approximate surface area is 438 Å². The van der Waals surface area contributed by atoms with Gasteiger partial charge < -0.3 is 14.5 Å². The molecular weight excluding hydrogens is 931 g/mol. The van der Waals surface area contributed by atoms with E-state index in [0.717, 1.165) is 62.5 Å². The Hall–Kier alpha value is -9.36. The van der Waals surface area contributed by atoms with Crippen LogP contribution in [0.25, 0.3) is 93.4 Å². The second-order valence-electron chi connectivity index (χ2n) is 19.6. The van der Waals surface area contributed by atoms with Crippen molar-refractivity contribution in [2.45, 2.75) is 18.5 Å². The third-order valence-corrected chi connectivity index (χ3v) is 16.5. The molecular formula is C69H47N5S. The van der Waals surface area contributed by atoms with Gasteiger partial charge in [-0.15, -0.1) is 11.3 Å². The molecule has 4 heterocycles. The standard InChI is InChI=1S/C69H47N5S/c1-5-20-44(21-6-1)47-38-41-55(69-71-67(45-22-7-2-8-23-45)70-68(72-69)46-24-9-3-10-25-46)61(42-47)74-59-35-18-32-52(51-31-17-34-58-64(51)53-28-13-15-33-57(53)73(58)49-26-11-4-12-27-49)65(59)54-40-39-48(43-60(54)74)50-30-19-37-63-66(50)56-29-14-16-36-62(56)75-63/h1-29,31-43,50,69H,30H2,(H,70,71,72). The Morgan fingerprint density at radius 3 is 1.83 bits per heavy atom. The predicted octanol–water partition coefficient (Wildman–Crippen LogP) is 17.5. The number of aromatic nitrogens is 2. The zero-order chi connectivity index (χ0) is 49.4. The first-order valence-electron chi connectivity index (χ1n) is 25.8.